The third-order valence-corrected chi connectivity index (χ3v) is 2.97. The summed E-state index contributed by atoms with van der Waals surface area (Å²) in [6.45, 7) is 1.02. The number of rotatable bonds is 7. The van der Waals surface area contributed by atoms with Crippen molar-refractivity contribution in [1.29, 1.82) is 0 Å². The Balaban J connectivity index is 1.66. The highest BCUT2D eigenvalue weighted by molar-refractivity contribution is 5.89. The molecular formula is C17H19NO3. The molecule has 0 aliphatic heterocycles. The van der Waals surface area contributed by atoms with Crippen molar-refractivity contribution in [2.75, 3.05) is 13.2 Å². The summed E-state index contributed by atoms with van der Waals surface area (Å²) in [7, 11) is 0. The molecule has 0 saturated carbocycles. The highest BCUT2D eigenvalue weighted by Crippen LogP contribution is 2.02. The van der Waals surface area contributed by atoms with E-state index in [1.807, 2.05) is 36.4 Å². The molecule has 0 radical (unpaired) electrons. The minimum atomic E-state index is -0.721. The second kappa shape index (κ2) is 8.19. The van der Waals surface area contributed by atoms with Crippen LogP contribution in [0.1, 0.15) is 15.9 Å². The van der Waals surface area contributed by atoms with Crippen molar-refractivity contribution in [3.05, 3.63) is 71.8 Å². The summed E-state index contributed by atoms with van der Waals surface area (Å²) >= 11 is 0. The Labute approximate surface area is 124 Å². The lowest BCUT2D eigenvalue weighted by Crippen LogP contribution is -2.31. The summed E-state index contributed by atoms with van der Waals surface area (Å²) in [5.74, 6) is -0.419. The fourth-order valence-corrected chi connectivity index (χ4v) is 1.87. The molecular weight excluding hydrogens is 266 g/mol. The SMILES string of the molecule is O=C(OCC(O)CNCc1ccccc1)c1ccccc1. The lowest BCUT2D eigenvalue weighted by Gasteiger charge is -2.12. The maximum atomic E-state index is 11.7. The van der Waals surface area contributed by atoms with Gasteiger partial charge in [0.1, 0.15) is 12.7 Å². The smallest absolute Gasteiger partial charge is 0.338 e. The van der Waals surface area contributed by atoms with Gasteiger partial charge in [-0.3, -0.25) is 0 Å². The van der Waals surface area contributed by atoms with Gasteiger partial charge < -0.3 is 15.2 Å². The molecule has 4 heteroatoms. The number of benzene rings is 2. The number of esters is 1. The fraction of sp³-hybridized carbons (Fsp3) is 0.235. The van der Waals surface area contributed by atoms with E-state index in [-0.39, 0.29) is 6.61 Å². The van der Waals surface area contributed by atoms with Gasteiger partial charge in [-0.05, 0) is 17.7 Å². The highest BCUT2D eigenvalue weighted by Gasteiger charge is 2.10. The number of carbonyl (C=O) groups excluding carboxylic acids is 1. The second-order valence-corrected chi connectivity index (χ2v) is 4.73. The molecule has 0 heterocycles. The van der Waals surface area contributed by atoms with Crippen LogP contribution in [0.4, 0.5) is 0 Å². The fourth-order valence-electron chi connectivity index (χ4n) is 1.87. The Morgan fingerprint density at radius 3 is 2.33 bits per heavy atom. The van der Waals surface area contributed by atoms with Gasteiger partial charge in [-0.2, -0.15) is 0 Å². The third kappa shape index (κ3) is 5.38. The van der Waals surface area contributed by atoms with Gasteiger partial charge in [-0.25, -0.2) is 4.79 Å². The first kappa shape index (κ1) is 15.2. The van der Waals surface area contributed by atoms with Crippen LogP contribution >= 0.6 is 0 Å². The van der Waals surface area contributed by atoms with Crippen molar-refractivity contribution in [3.8, 4) is 0 Å². The van der Waals surface area contributed by atoms with Crippen LogP contribution in [-0.4, -0.2) is 30.3 Å². The van der Waals surface area contributed by atoms with Gasteiger partial charge in [-0.1, -0.05) is 48.5 Å². The largest absolute Gasteiger partial charge is 0.459 e. The monoisotopic (exact) mass is 285 g/mol. The molecule has 1 unspecified atom stereocenters. The van der Waals surface area contributed by atoms with Crippen molar-refractivity contribution in [2.45, 2.75) is 12.6 Å². The Morgan fingerprint density at radius 1 is 1.05 bits per heavy atom. The van der Waals surface area contributed by atoms with Gasteiger partial charge in [0.15, 0.2) is 0 Å². The van der Waals surface area contributed by atoms with Gasteiger partial charge in [0.05, 0.1) is 5.56 Å². The highest BCUT2D eigenvalue weighted by atomic mass is 16.5. The molecule has 1 atom stereocenters. The van der Waals surface area contributed by atoms with Crippen molar-refractivity contribution in [2.24, 2.45) is 0 Å². The third-order valence-electron chi connectivity index (χ3n) is 2.97. The van der Waals surface area contributed by atoms with Crippen LogP contribution in [0.2, 0.25) is 0 Å². The van der Waals surface area contributed by atoms with Crippen molar-refractivity contribution < 1.29 is 14.6 Å². The number of hydrogen-bond acceptors (Lipinski definition) is 4. The number of carbonyl (C=O) groups is 1. The normalized spacial score (nSPS) is 11.9. The number of nitrogens with one attached hydrogen (secondary N) is 1. The molecule has 2 N–H and O–H groups in total. The molecule has 0 aliphatic carbocycles. The topological polar surface area (TPSA) is 58.6 Å². The average Bonchev–Trinajstić information content (AvgIpc) is 2.54. The van der Waals surface area contributed by atoms with Crippen LogP contribution in [0, 0.1) is 0 Å². The Hall–Kier alpha value is -2.17. The molecule has 0 fully saturated rings. The van der Waals surface area contributed by atoms with E-state index in [0.717, 1.165) is 5.56 Å². The molecule has 0 saturated heterocycles. The lowest BCUT2D eigenvalue weighted by molar-refractivity contribution is 0.0258. The van der Waals surface area contributed by atoms with Crippen LogP contribution in [0.5, 0.6) is 0 Å². The van der Waals surface area contributed by atoms with Gasteiger partial charge in [-0.15, -0.1) is 0 Å². The van der Waals surface area contributed by atoms with E-state index in [1.54, 1.807) is 24.3 Å². The number of hydrogen-bond donors (Lipinski definition) is 2. The minimum Gasteiger partial charge on any atom is -0.459 e. The van der Waals surface area contributed by atoms with E-state index in [4.69, 9.17) is 4.74 Å². The van der Waals surface area contributed by atoms with Gasteiger partial charge in [0.2, 0.25) is 0 Å². The van der Waals surface area contributed by atoms with E-state index in [1.165, 1.54) is 0 Å². The molecule has 2 aromatic carbocycles. The van der Waals surface area contributed by atoms with Gasteiger partial charge in [0.25, 0.3) is 0 Å². The van der Waals surface area contributed by atoms with Gasteiger partial charge in [0, 0.05) is 13.1 Å². The molecule has 0 bridgehead atoms. The summed E-state index contributed by atoms with van der Waals surface area (Å²) in [5.41, 5.74) is 1.63. The van der Waals surface area contributed by atoms with E-state index in [2.05, 4.69) is 5.32 Å². The van der Waals surface area contributed by atoms with Crippen LogP contribution < -0.4 is 5.32 Å². The summed E-state index contributed by atoms with van der Waals surface area (Å²) in [4.78, 5) is 11.7. The summed E-state index contributed by atoms with van der Waals surface area (Å²) < 4.78 is 5.06. The molecule has 0 amide bonds. The first-order chi connectivity index (χ1) is 10.3. The Kier molecular flexibility index (Phi) is 5.94. The molecule has 0 spiro atoms. The summed E-state index contributed by atoms with van der Waals surface area (Å²) in [5, 5.41) is 12.9. The predicted octanol–water partition coefficient (Wildman–Crippen LogP) is 1.99. The minimum absolute atomic E-state index is 0.0183. The van der Waals surface area contributed by atoms with Crippen molar-refractivity contribution in [1.82, 2.24) is 5.32 Å². The Morgan fingerprint density at radius 2 is 1.67 bits per heavy atom. The van der Waals surface area contributed by atoms with E-state index >= 15 is 0 Å². The molecule has 0 aromatic heterocycles. The number of ether oxygens (including phenoxy) is 1. The maximum absolute atomic E-state index is 11.7. The average molecular weight is 285 g/mol. The molecule has 21 heavy (non-hydrogen) atoms. The van der Waals surface area contributed by atoms with Crippen LogP contribution in [0.25, 0.3) is 0 Å². The van der Waals surface area contributed by atoms with Crippen LogP contribution in [-0.2, 0) is 11.3 Å². The zero-order valence-corrected chi connectivity index (χ0v) is 11.7. The predicted molar refractivity (Wildman–Crippen MR) is 80.9 cm³/mol. The number of aliphatic hydroxyl groups is 1. The molecule has 2 aromatic rings. The zero-order valence-electron chi connectivity index (χ0n) is 11.7. The van der Waals surface area contributed by atoms with Crippen molar-refractivity contribution in [3.63, 3.8) is 0 Å². The van der Waals surface area contributed by atoms with Crippen molar-refractivity contribution >= 4 is 5.97 Å². The Bertz CT molecular complexity index is 542. The van der Waals surface area contributed by atoms with E-state index in [9.17, 15) is 9.90 Å². The van der Waals surface area contributed by atoms with Crippen LogP contribution in [0.3, 0.4) is 0 Å². The second-order valence-electron chi connectivity index (χ2n) is 4.73. The lowest BCUT2D eigenvalue weighted by atomic mass is 10.2. The first-order valence-corrected chi connectivity index (χ1v) is 6.90. The van der Waals surface area contributed by atoms with Gasteiger partial charge >= 0.3 is 5.97 Å². The van der Waals surface area contributed by atoms with E-state index in [0.29, 0.717) is 18.7 Å². The first-order valence-electron chi connectivity index (χ1n) is 6.90. The molecule has 110 valence electrons. The molecule has 4 nitrogen and oxygen atoms in total. The summed E-state index contributed by atoms with van der Waals surface area (Å²) in [6.07, 6.45) is -0.721. The number of aliphatic hydroxyl groups excluding tert-OH is 1. The summed E-state index contributed by atoms with van der Waals surface area (Å²) in [6, 6.07) is 18.7. The van der Waals surface area contributed by atoms with Crippen LogP contribution in [0.15, 0.2) is 60.7 Å². The zero-order chi connectivity index (χ0) is 14.9. The standard InChI is InChI=1S/C17H19NO3/c19-16(12-18-11-14-7-3-1-4-8-14)13-21-17(20)15-9-5-2-6-10-15/h1-10,16,18-19H,11-13H2. The molecule has 2 rings (SSSR count). The quantitative estimate of drug-likeness (QED) is 0.764. The van der Waals surface area contributed by atoms with E-state index < -0.39 is 12.1 Å². The molecule has 0 aliphatic rings. The maximum Gasteiger partial charge on any atom is 0.338 e.